The van der Waals surface area contributed by atoms with E-state index in [9.17, 15) is 9.59 Å². The Labute approximate surface area is 223 Å². The number of nitrogens with zero attached hydrogens (tertiary/aromatic N) is 6. The van der Waals surface area contributed by atoms with Crippen LogP contribution < -0.4 is 15.1 Å². The number of halogens is 1. The molecule has 1 unspecified atom stereocenters. The van der Waals surface area contributed by atoms with E-state index in [1.54, 1.807) is 13.2 Å². The maximum atomic E-state index is 15.2. The van der Waals surface area contributed by atoms with Gasteiger partial charge in [0, 0.05) is 69.2 Å². The summed E-state index contributed by atoms with van der Waals surface area (Å²) in [4.78, 5) is 43.1. The van der Waals surface area contributed by atoms with Crippen molar-refractivity contribution in [2.75, 3.05) is 48.3 Å². The summed E-state index contributed by atoms with van der Waals surface area (Å²) in [7, 11) is 1.57. The van der Waals surface area contributed by atoms with Crippen molar-refractivity contribution in [3.05, 3.63) is 35.8 Å². The van der Waals surface area contributed by atoms with Gasteiger partial charge >= 0.3 is 0 Å². The van der Waals surface area contributed by atoms with Gasteiger partial charge in [-0.25, -0.2) is 9.37 Å². The minimum Gasteiger partial charge on any atom is -0.367 e. The van der Waals surface area contributed by atoms with Crippen molar-refractivity contribution in [2.24, 2.45) is 0 Å². The number of likely N-dealkylation sites (tertiary alicyclic amines) is 1. The number of hydrogen-bond acceptors (Lipinski definition) is 8. The topological polar surface area (TPSA) is 84.9 Å². The molecule has 3 aliphatic heterocycles. The highest BCUT2D eigenvalue weighted by Crippen LogP contribution is 2.47. The maximum absolute atomic E-state index is 15.2. The Morgan fingerprint density at radius 3 is 2.45 bits per heavy atom. The molecule has 2 amide bonds. The molecule has 1 aromatic heterocycles. The SMILES string of the molecule is CC(C)N1CCN(c2ccc(Nc3ncc4c(n3)N(C3CCCC3)C3(CC(=O)N(C)C3=O)C4)cc2F)CC1. The van der Waals surface area contributed by atoms with Crippen LogP contribution in [0.2, 0.25) is 0 Å². The van der Waals surface area contributed by atoms with E-state index in [0.29, 0.717) is 35.6 Å². The van der Waals surface area contributed by atoms with E-state index in [1.807, 2.05) is 12.1 Å². The predicted molar refractivity (Wildman–Crippen MR) is 144 cm³/mol. The second-order valence-electron chi connectivity index (χ2n) is 11.4. The Kier molecular flexibility index (Phi) is 6.25. The number of carbonyl (C=O) groups excluding carboxylic acids is 2. The van der Waals surface area contributed by atoms with Crippen LogP contribution in [-0.4, -0.2) is 82.4 Å². The first-order valence-corrected chi connectivity index (χ1v) is 13.8. The Morgan fingerprint density at radius 1 is 1.08 bits per heavy atom. The van der Waals surface area contributed by atoms with Gasteiger partial charge in [0.1, 0.15) is 17.2 Å². The Morgan fingerprint density at radius 2 is 1.82 bits per heavy atom. The third kappa shape index (κ3) is 4.09. The number of fused-ring (bicyclic) bond motifs is 1. The van der Waals surface area contributed by atoms with Gasteiger partial charge in [-0.15, -0.1) is 0 Å². The molecule has 0 radical (unpaired) electrons. The largest absolute Gasteiger partial charge is 0.367 e. The molecule has 10 heteroatoms. The number of likely N-dealkylation sites (N-methyl/N-ethyl adjacent to an activating group) is 1. The van der Waals surface area contributed by atoms with E-state index in [-0.39, 0.29) is 30.1 Å². The fourth-order valence-electron chi connectivity index (χ4n) is 6.72. The van der Waals surface area contributed by atoms with Crippen LogP contribution in [0.1, 0.15) is 51.5 Å². The average molecular weight is 522 g/mol. The number of imide groups is 1. The quantitative estimate of drug-likeness (QED) is 0.600. The van der Waals surface area contributed by atoms with Crippen LogP contribution >= 0.6 is 0 Å². The minimum absolute atomic E-state index is 0.154. The van der Waals surface area contributed by atoms with Gasteiger partial charge in [0.15, 0.2) is 0 Å². The molecule has 9 nitrogen and oxygen atoms in total. The van der Waals surface area contributed by atoms with Crippen LogP contribution in [0.4, 0.5) is 27.5 Å². The molecule has 4 heterocycles. The molecule has 38 heavy (non-hydrogen) atoms. The van der Waals surface area contributed by atoms with Crippen LogP contribution in [0, 0.1) is 5.82 Å². The van der Waals surface area contributed by atoms with E-state index < -0.39 is 5.54 Å². The summed E-state index contributed by atoms with van der Waals surface area (Å²) in [6.07, 6.45) is 6.47. The smallest absolute Gasteiger partial charge is 0.255 e. The number of nitrogens with one attached hydrogen (secondary N) is 1. The summed E-state index contributed by atoms with van der Waals surface area (Å²) in [6.45, 7) is 7.81. The lowest BCUT2D eigenvalue weighted by atomic mass is 9.91. The van der Waals surface area contributed by atoms with E-state index in [1.165, 1.54) is 11.0 Å². The fourth-order valence-corrected chi connectivity index (χ4v) is 6.72. The van der Waals surface area contributed by atoms with Gasteiger partial charge in [-0.1, -0.05) is 12.8 Å². The van der Waals surface area contributed by atoms with Gasteiger partial charge in [-0.3, -0.25) is 19.4 Å². The zero-order valence-electron chi connectivity index (χ0n) is 22.4. The van der Waals surface area contributed by atoms with Crippen LogP contribution in [0.15, 0.2) is 24.4 Å². The fraction of sp³-hybridized carbons (Fsp3) is 0.571. The van der Waals surface area contributed by atoms with Crippen LogP contribution in [0.3, 0.4) is 0 Å². The number of rotatable bonds is 5. The number of piperazine rings is 1. The molecule has 2 aromatic rings. The molecule has 3 fully saturated rings. The summed E-state index contributed by atoms with van der Waals surface area (Å²) >= 11 is 0. The molecular formula is C28H36FN7O2. The van der Waals surface area contributed by atoms with E-state index >= 15 is 4.39 Å². The molecule has 6 rings (SSSR count). The van der Waals surface area contributed by atoms with Crippen LogP contribution in [0.25, 0.3) is 0 Å². The van der Waals surface area contributed by atoms with E-state index in [0.717, 1.165) is 57.4 Å². The van der Waals surface area contributed by atoms with Crippen molar-refractivity contribution in [2.45, 2.75) is 70.0 Å². The standard InChI is InChI=1S/C28H36FN7O2/c1-18(2)34-10-12-35(13-11-34)23-9-8-20(14-22(23)29)31-27-30-17-19-15-28(16-24(37)33(3)26(28)38)36(25(19)32-27)21-6-4-5-7-21/h8-9,14,17-18,21H,4-7,10-13,15-16H2,1-3H3,(H,30,31,32). The van der Waals surface area contributed by atoms with Crippen LogP contribution in [-0.2, 0) is 16.0 Å². The first-order chi connectivity index (χ1) is 18.3. The number of carbonyl (C=O) groups is 2. The van der Waals surface area contributed by atoms with Gasteiger partial charge in [0.25, 0.3) is 5.91 Å². The molecule has 1 atom stereocenters. The minimum atomic E-state index is -0.913. The third-order valence-corrected chi connectivity index (χ3v) is 8.81. The van der Waals surface area contributed by atoms with Gasteiger partial charge in [0.05, 0.1) is 12.1 Å². The van der Waals surface area contributed by atoms with Crippen molar-refractivity contribution < 1.29 is 14.0 Å². The Balaban J connectivity index is 1.24. The molecule has 1 saturated carbocycles. The van der Waals surface area contributed by atoms with Crippen molar-refractivity contribution >= 4 is 35.0 Å². The molecule has 1 aromatic carbocycles. The summed E-state index contributed by atoms with van der Waals surface area (Å²) in [5.74, 6) is 0.475. The number of hydrogen-bond donors (Lipinski definition) is 1. The second kappa shape index (κ2) is 9.48. The van der Waals surface area contributed by atoms with E-state index in [2.05, 4.69) is 38.8 Å². The van der Waals surface area contributed by atoms with Gasteiger partial charge < -0.3 is 15.1 Å². The molecule has 0 bridgehead atoms. The molecule has 202 valence electrons. The lowest BCUT2D eigenvalue weighted by Crippen LogP contribution is -2.56. The number of aromatic nitrogens is 2. The Bertz CT molecular complexity index is 1260. The van der Waals surface area contributed by atoms with Crippen molar-refractivity contribution in [3.63, 3.8) is 0 Å². The Hall–Kier alpha value is -3.27. The number of anilines is 4. The highest BCUT2D eigenvalue weighted by Gasteiger charge is 2.60. The molecule has 2 saturated heterocycles. The molecule has 1 aliphatic carbocycles. The van der Waals surface area contributed by atoms with Crippen molar-refractivity contribution in [1.29, 1.82) is 0 Å². The summed E-state index contributed by atoms with van der Waals surface area (Å²) in [5, 5.41) is 3.17. The number of amides is 2. The second-order valence-corrected chi connectivity index (χ2v) is 11.4. The van der Waals surface area contributed by atoms with Gasteiger partial charge in [0.2, 0.25) is 11.9 Å². The molecule has 1 N–H and O–H groups in total. The maximum Gasteiger partial charge on any atom is 0.255 e. The van der Waals surface area contributed by atoms with Gasteiger partial charge in [-0.2, -0.15) is 4.98 Å². The normalized spacial score (nSPS) is 24.4. The average Bonchev–Trinajstić information content (AvgIpc) is 3.58. The first-order valence-electron chi connectivity index (χ1n) is 13.8. The van der Waals surface area contributed by atoms with Crippen molar-refractivity contribution in [1.82, 2.24) is 19.8 Å². The highest BCUT2D eigenvalue weighted by atomic mass is 19.1. The van der Waals surface area contributed by atoms with Crippen LogP contribution in [0.5, 0.6) is 0 Å². The predicted octanol–water partition coefficient (Wildman–Crippen LogP) is 3.32. The molecule has 1 spiro atoms. The lowest BCUT2D eigenvalue weighted by molar-refractivity contribution is -0.138. The highest BCUT2D eigenvalue weighted by molar-refractivity contribution is 6.11. The molecule has 4 aliphatic rings. The zero-order valence-corrected chi connectivity index (χ0v) is 22.4. The zero-order chi connectivity index (χ0) is 26.6. The monoisotopic (exact) mass is 521 g/mol. The van der Waals surface area contributed by atoms with Crippen molar-refractivity contribution in [3.8, 4) is 0 Å². The summed E-state index contributed by atoms with van der Waals surface area (Å²) in [6, 6.07) is 5.82. The van der Waals surface area contributed by atoms with Gasteiger partial charge in [-0.05, 0) is 44.9 Å². The molecular weight excluding hydrogens is 485 g/mol. The third-order valence-electron chi connectivity index (χ3n) is 8.81. The summed E-state index contributed by atoms with van der Waals surface area (Å²) < 4.78 is 15.2. The summed E-state index contributed by atoms with van der Waals surface area (Å²) in [5.41, 5.74) is 1.14. The lowest BCUT2D eigenvalue weighted by Gasteiger charge is -2.38. The van der Waals surface area contributed by atoms with E-state index in [4.69, 9.17) is 4.98 Å². The number of benzene rings is 1. The first kappa shape index (κ1) is 25.0.